The highest BCUT2D eigenvalue weighted by Gasteiger charge is 2.50. The molecule has 2 aliphatic rings. The van der Waals surface area contributed by atoms with Crippen LogP contribution in [0.4, 0.5) is 0 Å². The van der Waals surface area contributed by atoms with Gasteiger partial charge in [-0.1, -0.05) is 25.1 Å². The quantitative estimate of drug-likeness (QED) is 0.481. The van der Waals surface area contributed by atoms with Crippen molar-refractivity contribution in [1.82, 2.24) is 9.55 Å². The average molecular weight is 434 g/mol. The molecule has 0 fully saturated rings. The number of para-hydroxylation sites is 1. The fourth-order valence-corrected chi connectivity index (χ4v) is 4.55. The van der Waals surface area contributed by atoms with Gasteiger partial charge >= 0.3 is 11.9 Å². The Bertz CT molecular complexity index is 1330. The molecule has 2 aromatic heterocycles. The number of benzene rings is 1. The lowest BCUT2D eigenvalue weighted by Crippen LogP contribution is -2.47. The summed E-state index contributed by atoms with van der Waals surface area (Å²) < 4.78 is 12.6. The van der Waals surface area contributed by atoms with E-state index in [-0.39, 0.29) is 38.0 Å². The molecule has 0 radical (unpaired) electrons. The lowest BCUT2D eigenvalue weighted by molar-refractivity contribution is -0.189. The molecule has 0 saturated carbocycles. The molecule has 0 amide bonds. The van der Waals surface area contributed by atoms with Gasteiger partial charge in [0.15, 0.2) is 0 Å². The van der Waals surface area contributed by atoms with Crippen molar-refractivity contribution in [2.45, 2.75) is 44.9 Å². The van der Waals surface area contributed by atoms with Gasteiger partial charge in [0.05, 0.1) is 29.0 Å². The molecule has 2 aliphatic heterocycles. The second kappa shape index (κ2) is 7.56. The number of cyclic esters (lactones) is 1. The third-order valence-electron chi connectivity index (χ3n) is 6.21. The van der Waals surface area contributed by atoms with Crippen LogP contribution in [0.5, 0.6) is 0 Å². The lowest BCUT2D eigenvalue weighted by atomic mass is 9.85. The van der Waals surface area contributed by atoms with Crippen molar-refractivity contribution in [3.63, 3.8) is 0 Å². The summed E-state index contributed by atoms with van der Waals surface area (Å²) in [6.07, 6.45) is 0.295. The third-order valence-corrected chi connectivity index (χ3v) is 6.21. The summed E-state index contributed by atoms with van der Waals surface area (Å²) in [6.45, 7) is 1.74. The van der Waals surface area contributed by atoms with Gasteiger partial charge in [-0.15, -0.1) is 0 Å². The second-order valence-electron chi connectivity index (χ2n) is 8.06. The molecule has 0 unspecified atom stereocenters. The molecule has 32 heavy (non-hydrogen) atoms. The van der Waals surface area contributed by atoms with Crippen LogP contribution >= 0.6 is 0 Å². The number of esters is 2. The number of hydrogen-bond donors (Lipinski definition) is 1. The number of nitrogens with zero attached hydrogens (tertiary/aromatic N) is 2. The highest BCUT2D eigenvalue weighted by atomic mass is 16.6. The van der Waals surface area contributed by atoms with Crippen molar-refractivity contribution in [3.05, 3.63) is 63.4 Å². The molecule has 8 heteroatoms. The van der Waals surface area contributed by atoms with Gasteiger partial charge in [-0.3, -0.25) is 9.59 Å². The average Bonchev–Trinajstić information content (AvgIpc) is 3.16. The zero-order valence-corrected chi connectivity index (χ0v) is 17.6. The molecular weight excluding hydrogens is 412 g/mol. The van der Waals surface area contributed by atoms with E-state index in [4.69, 9.17) is 19.6 Å². The first kappa shape index (κ1) is 20.4. The first-order chi connectivity index (χ1) is 15.5. The van der Waals surface area contributed by atoms with Gasteiger partial charge < -0.3 is 19.1 Å². The van der Waals surface area contributed by atoms with E-state index < -0.39 is 17.5 Å². The Morgan fingerprint density at radius 1 is 1.28 bits per heavy atom. The Morgan fingerprint density at radius 3 is 2.88 bits per heavy atom. The number of carbonyl (C=O) groups excluding carboxylic acids is 2. The molecule has 0 aliphatic carbocycles. The fourth-order valence-electron chi connectivity index (χ4n) is 4.55. The van der Waals surface area contributed by atoms with Gasteiger partial charge in [0.25, 0.3) is 5.56 Å². The maximum atomic E-state index is 13.4. The smallest absolute Gasteiger partial charge is 0.355 e. The molecule has 1 aromatic carbocycles. The summed E-state index contributed by atoms with van der Waals surface area (Å²) >= 11 is 0. The van der Waals surface area contributed by atoms with Gasteiger partial charge in [-0.25, -0.2) is 9.78 Å². The molecular formula is C24H22N2O6. The number of aliphatic hydroxyl groups is 1. The maximum absolute atomic E-state index is 13.4. The maximum Gasteiger partial charge on any atom is 0.355 e. The van der Waals surface area contributed by atoms with E-state index in [2.05, 4.69) is 0 Å². The van der Waals surface area contributed by atoms with Crippen molar-refractivity contribution >= 4 is 22.8 Å². The molecule has 0 spiro atoms. The zero-order chi connectivity index (χ0) is 22.5. The van der Waals surface area contributed by atoms with E-state index in [1.54, 1.807) is 17.6 Å². The highest BCUT2D eigenvalue weighted by Crippen LogP contribution is 2.41. The van der Waals surface area contributed by atoms with E-state index in [9.17, 15) is 14.4 Å². The Balaban J connectivity index is 1.69. The highest BCUT2D eigenvalue weighted by molar-refractivity contribution is 5.88. The van der Waals surface area contributed by atoms with Crippen molar-refractivity contribution in [3.8, 4) is 11.4 Å². The first-order valence-electron chi connectivity index (χ1n) is 10.6. The minimum absolute atomic E-state index is 0.0405. The summed E-state index contributed by atoms with van der Waals surface area (Å²) in [5.74, 6) is -1.32. The zero-order valence-electron chi connectivity index (χ0n) is 17.6. The van der Waals surface area contributed by atoms with Crippen LogP contribution in [0.25, 0.3) is 22.3 Å². The monoisotopic (exact) mass is 434 g/mol. The molecule has 4 heterocycles. The third kappa shape index (κ3) is 2.94. The summed E-state index contributed by atoms with van der Waals surface area (Å²) in [5, 5.41) is 9.99. The van der Waals surface area contributed by atoms with Gasteiger partial charge in [0.1, 0.15) is 6.61 Å². The lowest BCUT2D eigenvalue weighted by Gasteiger charge is -2.35. The van der Waals surface area contributed by atoms with Crippen LogP contribution in [0, 0.1) is 0 Å². The Kier molecular flexibility index (Phi) is 4.82. The van der Waals surface area contributed by atoms with E-state index in [0.717, 1.165) is 16.5 Å². The van der Waals surface area contributed by atoms with Crippen LogP contribution in [0.2, 0.25) is 0 Å². The minimum Gasteiger partial charge on any atom is -0.457 e. The predicted octanol–water partition coefficient (Wildman–Crippen LogP) is 2.40. The van der Waals surface area contributed by atoms with Crippen LogP contribution in [-0.2, 0) is 37.8 Å². The Morgan fingerprint density at radius 2 is 2.09 bits per heavy atom. The van der Waals surface area contributed by atoms with Crippen molar-refractivity contribution < 1.29 is 24.2 Å². The summed E-state index contributed by atoms with van der Waals surface area (Å²) in [4.78, 5) is 43.5. The minimum atomic E-state index is -1.70. The number of carbonyl (C=O) groups is 2. The van der Waals surface area contributed by atoms with Crippen molar-refractivity contribution in [1.29, 1.82) is 0 Å². The number of ether oxygens (including phenoxy) is 2. The van der Waals surface area contributed by atoms with Gasteiger partial charge in [0, 0.05) is 29.5 Å². The summed E-state index contributed by atoms with van der Waals surface area (Å²) in [7, 11) is 0. The molecule has 0 bridgehead atoms. The number of aromatic nitrogens is 2. The van der Waals surface area contributed by atoms with Crippen LogP contribution < -0.4 is 5.56 Å². The Hall–Kier alpha value is -3.52. The molecule has 3 aromatic rings. The van der Waals surface area contributed by atoms with E-state index in [0.29, 0.717) is 29.1 Å². The van der Waals surface area contributed by atoms with Crippen LogP contribution in [0.15, 0.2) is 41.2 Å². The van der Waals surface area contributed by atoms with Crippen LogP contribution in [-0.4, -0.2) is 33.2 Å². The number of aliphatic hydroxyl groups excluding tert-OH is 1. The van der Waals surface area contributed by atoms with Crippen molar-refractivity contribution in [2.75, 3.05) is 6.61 Å². The second-order valence-corrected chi connectivity index (χ2v) is 8.06. The standard InChI is InChI=1S/C24H22N2O6/c1-2-24(32-20(28)8-5-9-27)17-11-19-21-15(10-14-6-3-4-7-18(14)25-21)12-26(19)22(29)16(17)13-31-23(24)30/h3-4,6-7,10-11,27H,2,5,8-9,12-13H2,1H3/t24-/m0/s1. The largest absolute Gasteiger partial charge is 0.457 e. The normalized spacial score (nSPS) is 18.6. The summed E-state index contributed by atoms with van der Waals surface area (Å²) in [6, 6.07) is 11.5. The van der Waals surface area contributed by atoms with Gasteiger partial charge in [0.2, 0.25) is 5.60 Å². The molecule has 1 N–H and O–H groups in total. The van der Waals surface area contributed by atoms with E-state index in [1.165, 1.54) is 0 Å². The van der Waals surface area contributed by atoms with E-state index >= 15 is 0 Å². The van der Waals surface area contributed by atoms with Crippen LogP contribution in [0.1, 0.15) is 42.9 Å². The van der Waals surface area contributed by atoms with Crippen LogP contribution in [0.3, 0.4) is 0 Å². The SMILES string of the molecule is CC[C@@]1(OC(=O)CCCO)C(=O)OCc2c1cc1n(c2=O)Cc2cc3ccccc3nc2-1. The van der Waals surface area contributed by atoms with E-state index in [1.807, 2.05) is 30.3 Å². The first-order valence-corrected chi connectivity index (χ1v) is 10.6. The molecule has 0 saturated heterocycles. The van der Waals surface area contributed by atoms with Gasteiger partial charge in [-0.2, -0.15) is 0 Å². The summed E-state index contributed by atoms with van der Waals surface area (Å²) in [5.41, 5.74) is 1.67. The molecule has 5 rings (SSSR count). The Labute approximate surface area is 183 Å². The molecule has 1 atom stereocenters. The number of fused-ring (bicyclic) bond motifs is 5. The number of hydrogen-bond acceptors (Lipinski definition) is 7. The predicted molar refractivity (Wildman–Crippen MR) is 115 cm³/mol. The topological polar surface area (TPSA) is 108 Å². The van der Waals surface area contributed by atoms with Crippen molar-refractivity contribution in [2.24, 2.45) is 0 Å². The van der Waals surface area contributed by atoms with Gasteiger partial charge in [-0.05, 0) is 31.0 Å². The number of rotatable bonds is 5. The molecule has 164 valence electrons. The number of pyridine rings is 2. The molecule has 8 nitrogen and oxygen atoms in total. The fraction of sp³-hybridized carbons (Fsp3) is 0.333.